The monoisotopic (exact) mass is 191 g/mol. The van der Waals surface area contributed by atoms with Crippen LogP contribution in [0.1, 0.15) is 12.0 Å². The summed E-state index contributed by atoms with van der Waals surface area (Å²) in [6.07, 6.45) is 2.97. The molecule has 0 aromatic heterocycles. The van der Waals surface area contributed by atoms with E-state index in [-0.39, 0.29) is 6.54 Å². The van der Waals surface area contributed by atoms with Crippen LogP contribution in [0.3, 0.4) is 0 Å². The van der Waals surface area contributed by atoms with E-state index in [0.29, 0.717) is 6.42 Å². The van der Waals surface area contributed by atoms with Gasteiger partial charge in [-0.15, -0.1) is 6.58 Å². The number of aryl methyl sites for hydroxylation is 1. The van der Waals surface area contributed by atoms with Gasteiger partial charge in [0.15, 0.2) is 0 Å². The first-order valence-electron chi connectivity index (χ1n) is 4.80. The molecule has 0 heterocycles. The van der Waals surface area contributed by atoms with E-state index in [1.165, 1.54) is 11.6 Å². The van der Waals surface area contributed by atoms with Gasteiger partial charge in [0.1, 0.15) is 0 Å². The van der Waals surface area contributed by atoms with Gasteiger partial charge in [-0.05, 0) is 18.4 Å². The zero-order valence-corrected chi connectivity index (χ0v) is 8.32. The minimum Gasteiger partial charge on any atom is -0.384 e. The first-order chi connectivity index (χ1) is 6.70. The van der Waals surface area contributed by atoms with Crippen molar-refractivity contribution in [3.63, 3.8) is 0 Å². The standard InChI is InChI=1S/C12H17NO/c1-2-12(14,10-13)9-8-11-6-4-3-5-7-11/h2-7,14H,1,8-10,13H2. The number of rotatable bonds is 5. The first kappa shape index (κ1) is 11.0. The van der Waals surface area contributed by atoms with Crippen molar-refractivity contribution in [2.24, 2.45) is 5.73 Å². The summed E-state index contributed by atoms with van der Waals surface area (Å²) in [5.74, 6) is 0. The molecule has 0 fully saturated rings. The van der Waals surface area contributed by atoms with Crippen LogP contribution in [0.5, 0.6) is 0 Å². The maximum atomic E-state index is 9.85. The van der Waals surface area contributed by atoms with Gasteiger partial charge in [-0.1, -0.05) is 36.4 Å². The highest BCUT2D eigenvalue weighted by molar-refractivity contribution is 5.15. The highest BCUT2D eigenvalue weighted by atomic mass is 16.3. The third kappa shape index (κ3) is 2.98. The molecule has 1 unspecified atom stereocenters. The van der Waals surface area contributed by atoms with Gasteiger partial charge in [-0.25, -0.2) is 0 Å². The van der Waals surface area contributed by atoms with Crippen molar-refractivity contribution in [1.82, 2.24) is 0 Å². The Morgan fingerprint density at radius 2 is 2.00 bits per heavy atom. The molecule has 3 N–H and O–H groups in total. The lowest BCUT2D eigenvalue weighted by Crippen LogP contribution is -2.35. The molecule has 0 amide bonds. The summed E-state index contributed by atoms with van der Waals surface area (Å²) < 4.78 is 0. The molecule has 1 aromatic rings. The molecular weight excluding hydrogens is 174 g/mol. The molecule has 2 nitrogen and oxygen atoms in total. The molecule has 0 aliphatic heterocycles. The van der Waals surface area contributed by atoms with Gasteiger partial charge in [0.2, 0.25) is 0 Å². The molecule has 1 atom stereocenters. The zero-order chi connectivity index (χ0) is 10.4. The van der Waals surface area contributed by atoms with Crippen molar-refractivity contribution in [3.05, 3.63) is 48.6 Å². The van der Waals surface area contributed by atoms with Gasteiger partial charge in [-0.3, -0.25) is 0 Å². The fourth-order valence-electron chi connectivity index (χ4n) is 1.29. The van der Waals surface area contributed by atoms with Crippen LogP contribution < -0.4 is 5.73 Å². The molecule has 1 aromatic carbocycles. The lowest BCUT2D eigenvalue weighted by Gasteiger charge is -2.21. The lowest BCUT2D eigenvalue weighted by atomic mass is 9.95. The van der Waals surface area contributed by atoms with E-state index in [1.807, 2.05) is 30.3 Å². The van der Waals surface area contributed by atoms with Crippen molar-refractivity contribution in [2.75, 3.05) is 6.54 Å². The Morgan fingerprint density at radius 1 is 1.36 bits per heavy atom. The number of hydrogen-bond acceptors (Lipinski definition) is 2. The Bertz CT molecular complexity index is 284. The van der Waals surface area contributed by atoms with Gasteiger partial charge >= 0.3 is 0 Å². The quantitative estimate of drug-likeness (QED) is 0.693. The Kier molecular flexibility index (Phi) is 3.86. The summed E-state index contributed by atoms with van der Waals surface area (Å²) in [4.78, 5) is 0. The second-order valence-electron chi connectivity index (χ2n) is 3.50. The molecule has 0 aliphatic carbocycles. The summed E-state index contributed by atoms with van der Waals surface area (Å²) in [6, 6.07) is 10.0. The lowest BCUT2D eigenvalue weighted by molar-refractivity contribution is 0.0911. The van der Waals surface area contributed by atoms with Gasteiger partial charge in [0.25, 0.3) is 0 Å². The van der Waals surface area contributed by atoms with Crippen LogP contribution in [0, 0.1) is 0 Å². The van der Waals surface area contributed by atoms with Crippen molar-refractivity contribution in [2.45, 2.75) is 18.4 Å². The topological polar surface area (TPSA) is 46.2 Å². The van der Waals surface area contributed by atoms with E-state index in [0.717, 1.165) is 6.42 Å². The van der Waals surface area contributed by atoms with E-state index in [2.05, 4.69) is 6.58 Å². The predicted octanol–water partition coefficient (Wildman–Crippen LogP) is 1.50. The van der Waals surface area contributed by atoms with Crippen LogP contribution in [-0.2, 0) is 6.42 Å². The van der Waals surface area contributed by atoms with Crippen molar-refractivity contribution in [3.8, 4) is 0 Å². The van der Waals surface area contributed by atoms with Crippen molar-refractivity contribution >= 4 is 0 Å². The summed E-state index contributed by atoms with van der Waals surface area (Å²) >= 11 is 0. The molecule has 76 valence electrons. The number of nitrogens with two attached hydrogens (primary N) is 1. The fraction of sp³-hybridized carbons (Fsp3) is 0.333. The van der Waals surface area contributed by atoms with Crippen LogP contribution in [0.4, 0.5) is 0 Å². The van der Waals surface area contributed by atoms with E-state index >= 15 is 0 Å². The van der Waals surface area contributed by atoms with Crippen LogP contribution in [0.15, 0.2) is 43.0 Å². The number of hydrogen-bond donors (Lipinski definition) is 2. The van der Waals surface area contributed by atoms with Crippen LogP contribution in [-0.4, -0.2) is 17.3 Å². The smallest absolute Gasteiger partial charge is 0.0949 e. The molecule has 0 bridgehead atoms. The second kappa shape index (κ2) is 4.94. The van der Waals surface area contributed by atoms with Gasteiger partial charge in [-0.2, -0.15) is 0 Å². The average Bonchev–Trinajstić information content (AvgIpc) is 2.27. The van der Waals surface area contributed by atoms with Crippen molar-refractivity contribution in [1.29, 1.82) is 0 Å². The summed E-state index contributed by atoms with van der Waals surface area (Å²) in [5.41, 5.74) is 5.75. The normalized spacial score (nSPS) is 14.7. The maximum Gasteiger partial charge on any atom is 0.0949 e. The highest BCUT2D eigenvalue weighted by Crippen LogP contribution is 2.14. The Morgan fingerprint density at radius 3 is 2.50 bits per heavy atom. The highest BCUT2D eigenvalue weighted by Gasteiger charge is 2.19. The average molecular weight is 191 g/mol. The van der Waals surface area contributed by atoms with Crippen LogP contribution in [0.2, 0.25) is 0 Å². The van der Waals surface area contributed by atoms with Crippen LogP contribution >= 0.6 is 0 Å². The summed E-state index contributed by atoms with van der Waals surface area (Å²) in [6.45, 7) is 3.81. The van der Waals surface area contributed by atoms with Gasteiger partial charge in [0, 0.05) is 6.54 Å². The van der Waals surface area contributed by atoms with Crippen LogP contribution in [0.25, 0.3) is 0 Å². The predicted molar refractivity (Wildman–Crippen MR) is 59.0 cm³/mol. The summed E-state index contributed by atoms with van der Waals surface area (Å²) in [7, 11) is 0. The third-order valence-corrected chi connectivity index (χ3v) is 2.42. The third-order valence-electron chi connectivity index (χ3n) is 2.42. The minimum absolute atomic E-state index is 0.226. The second-order valence-corrected chi connectivity index (χ2v) is 3.50. The molecule has 0 spiro atoms. The molecule has 0 aliphatic rings. The SMILES string of the molecule is C=CC(O)(CN)CCc1ccccc1. The molecular formula is C12H17NO. The minimum atomic E-state index is -0.921. The van der Waals surface area contributed by atoms with Crippen molar-refractivity contribution < 1.29 is 5.11 Å². The molecule has 14 heavy (non-hydrogen) atoms. The van der Waals surface area contributed by atoms with E-state index in [4.69, 9.17) is 5.73 Å². The van der Waals surface area contributed by atoms with E-state index < -0.39 is 5.60 Å². The molecule has 2 heteroatoms. The Labute approximate surface area is 85.1 Å². The Balaban J connectivity index is 2.52. The largest absolute Gasteiger partial charge is 0.384 e. The first-order valence-corrected chi connectivity index (χ1v) is 4.80. The molecule has 1 rings (SSSR count). The molecule has 0 radical (unpaired) electrons. The number of aliphatic hydroxyl groups is 1. The molecule has 0 saturated heterocycles. The van der Waals surface area contributed by atoms with Gasteiger partial charge in [0.05, 0.1) is 5.60 Å². The number of benzene rings is 1. The van der Waals surface area contributed by atoms with E-state index in [1.54, 1.807) is 0 Å². The zero-order valence-electron chi connectivity index (χ0n) is 8.32. The maximum absolute atomic E-state index is 9.85. The molecule has 0 saturated carbocycles. The van der Waals surface area contributed by atoms with E-state index in [9.17, 15) is 5.11 Å². The fourth-order valence-corrected chi connectivity index (χ4v) is 1.29. The summed E-state index contributed by atoms with van der Waals surface area (Å²) in [5, 5.41) is 9.85. The Hall–Kier alpha value is -1.12. The van der Waals surface area contributed by atoms with Gasteiger partial charge < -0.3 is 10.8 Å².